The van der Waals surface area contributed by atoms with Crippen LogP contribution in [-0.2, 0) is 10.8 Å². The molecule has 1 heterocycles. The van der Waals surface area contributed by atoms with E-state index in [0.717, 1.165) is 90.1 Å². The Hall–Kier alpha value is -5.92. The summed E-state index contributed by atoms with van der Waals surface area (Å²) < 4.78 is 44.1. The third-order valence-corrected chi connectivity index (χ3v) is 11.8. The van der Waals surface area contributed by atoms with Crippen LogP contribution < -0.4 is 0 Å². The van der Waals surface area contributed by atoms with Crippen LogP contribution in [0, 0.1) is 0 Å². The van der Waals surface area contributed by atoms with Crippen molar-refractivity contribution in [3.63, 3.8) is 0 Å². The summed E-state index contributed by atoms with van der Waals surface area (Å²) in [7, 11) is 0. The molecule has 0 N–H and O–H groups in total. The quantitative estimate of drug-likeness (QED) is 0.168. The lowest BCUT2D eigenvalue weighted by Crippen LogP contribution is -2.34. The van der Waals surface area contributed by atoms with Crippen molar-refractivity contribution in [2.45, 2.75) is 51.4 Å². The van der Waals surface area contributed by atoms with Crippen LogP contribution in [-0.4, -0.2) is 0 Å². The van der Waals surface area contributed by atoms with Crippen molar-refractivity contribution in [1.82, 2.24) is 0 Å². The first kappa shape index (κ1) is 27.7. The Labute approximate surface area is 317 Å². The molecule has 1 aliphatic carbocycles. The molecular formula is C52H42O. The molecule has 256 valence electrons. The van der Waals surface area contributed by atoms with E-state index in [9.17, 15) is 2.74 Å². The van der Waals surface area contributed by atoms with Crippen LogP contribution in [0.1, 0.15) is 57.1 Å². The highest BCUT2D eigenvalue weighted by Crippen LogP contribution is 2.54. The molecule has 1 nitrogen and oxygen atoms in total. The van der Waals surface area contributed by atoms with Crippen LogP contribution in [0.4, 0.5) is 0 Å². The van der Waals surface area contributed by atoms with Gasteiger partial charge in [-0.05, 0) is 119 Å². The average Bonchev–Trinajstić information content (AvgIpc) is 3.61. The molecule has 0 amide bonds. The van der Waals surface area contributed by atoms with Gasteiger partial charge in [-0.15, -0.1) is 0 Å². The molecule has 10 rings (SSSR count). The first-order chi connectivity index (χ1) is 27.5. The minimum Gasteiger partial charge on any atom is -0.456 e. The Balaban J connectivity index is 1.38. The van der Waals surface area contributed by atoms with Gasteiger partial charge in [0.25, 0.3) is 0 Å². The number of furan rings is 1. The maximum Gasteiger partial charge on any atom is 0.136 e. The van der Waals surface area contributed by atoms with E-state index in [1.54, 1.807) is 0 Å². The standard InChI is InChI=1S/C52H42O/c1-51(2)30-31-52(3,4)50-43(51)29-28-42(46(50)34-18-9-6-10-19-34)48-38-22-13-11-20-36(38)47(37-21-12-14-23-39(37)48)41-24-15-25-44-49(41)40-27-26-35(32-45(40)53-44)33-16-7-5-8-17-33/h5-29,32H,30-31H2,1-4H3/i11D,13D,20D,22D. The molecular weight excluding hydrogens is 641 g/mol. The van der Waals surface area contributed by atoms with Gasteiger partial charge in [0.15, 0.2) is 0 Å². The molecule has 0 unspecified atom stereocenters. The number of fused-ring (bicyclic) bond motifs is 6. The Kier molecular flexibility index (Phi) is 6.17. The molecule has 0 saturated heterocycles. The third-order valence-electron chi connectivity index (χ3n) is 11.8. The summed E-state index contributed by atoms with van der Waals surface area (Å²) in [6.07, 6.45) is 2.11. The number of rotatable bonds is 4. The molecule has 0 spiro atoms. The van der Waals surface area contributed by atoms with E-state index in [4.69, 9.17) is 7.16 Å². The number of hydrogen-bond donors (Lipinski definition) is 0. The van der Waals surface area contributed by atoms with Gasteiger partial charge >= 0.3 is 0 Å². The summed E-state index contributed by atoms with van der Waals surface area (Å²) in [5.41, 5.74) is 11.8. The lowest BCUT2D eigenvalue weighted by Gasteiger charge is -2.44. The summed E-state index contributed by atoms with van der Waals surface area (Å²) in [6, 6.07) is 45.5. The van der Waals surface area contributed by atoms with Crippen molar-refractivity contribution < 1.29 is 9.90 Å². The molecule has 1 aliphatic rings. The summed E-state index contributed by atoms with van der Waals surface area (Å²) >= 11 is 0. The second kappa shape index (κ2) is 11.8. The molecule has 0 atom stereocenters. The van der Waals surface area contributed by atoms with E-state index in [1.165, 1.54) is 11.1 Å². The molecule has 0 aliphatic heterocycles. The van der Waals surface area contributed by atoms with E-state index < -0.39 is 0 Å². The largest absolute Gasteiger partial charge is 0.456 e. The Morgan fingerprint density at radius 2 is 1.09 bits per heavy atom. The third kappa shape index (κ3) is 4.91. The van der Waals surface area contributed by atoms with Gasteiger partial charge in [0.1, 0.15) is 11.2 Å². The highest BCUT2D eigenvalue weighted by atomic mass is 16.3. The van der Waals surface area contributed by atoms with Crippen molar-refractivity contribution in [1.29, 1.82) is 0 Å². The first-order valence-corrected chi connectivity index (χ1v) is 18.7. The molecule has 1 aromatic heterocycles. The van der Waals surface area contributed by atoms with Crippen LogP contribution in [0.3, 0.4) is 0 Å². The Morgan fingerprint density at radius 3 is 1.79 bits per heavy atom. The SMILES string of the molecule is [2H]c1c([2H])c([2H])c2c(-c3cccc4oc5cc(-c6ccccc6)ccc5c34)c3ccccc3c(-c3ccc4c(c3-c3ccccc3)C(C)(C)CCC4(C)C)c2c1[2H]. The summed E-state index contributed by atoms with van der Waals surface area (Å²) in [5.74, 6) is 0. The van der Waals surface area contributed by atoms with Crippen molar-refractivity contribution in [3.8, 4) is 44.5 Å². The topological polar surface area (TPSA) is 13.1 Å². The van der Waals surface area contributed by atoms with Gasteiger partial charge in [-0.2, -0.15) is 0 Å². The lowest BCUT2D eigenvalue weighted by atomic mass is 9.60. The van der Waals surface area contributed by atoms with Crippen molar-refractivity contribution in [2.75, 3.05) is 0 Å². The van der Waals surface area contributed by atoms with Crippen molar-refractivity contribution in [2.24, 2.45) is 0 Å². The molecule has 8 aromatic carbocycles. The van der Waals surface area contributed by atoms with Crippen molar-refractivity contribution in [3.05, 3.63) is 169 Å². The van der Waals surface area contributed by atoms with Gasteiger partial charge in [-0.3, -0.25) is 0 Å². The van der Waals surface area contributed by atoms with Gasteiger partial charge in [-0.25, -0.2) is 0 Å². The average molecular weight is 687 g/mol. The van der Waals surface area contributed by atoms with E-state index in [0.29, 0.717) is 10.8 Å². The maximum atomic E-state index is 9.71. The Morgan fingerprint density at radius 1 is 0.472 bits per heavy atom. The lowest BCUT2D eigenvalue weighted by molar-refractivity contribution is 0.333. The molecule has 9 aromatic rings. The van der Waals surface area contributed by atoms with Crippen LogP contribution in [0.5, 0.6) is 0 Å². The molecule has 53 heavy (non-hydrogen) atoms. The van der Waals surface area contributed by atoms with Crippen molar-refractivity contribution >= 4 is 43.5 Å². The van der Waals surface area contributed by atoms with E-state index in [-0.39, 0.29) is 35.0 Å². The fourth-order valence-corrected chi connectivity index (χ4v) is 9.15. The fourth-order valence-electron chi connectivity index (χ4n) is 9.15. The second-order valence-electron chi connectivity index (χ2n) is 15.9. The van der Waals surface area contributed by atoms with Gasteiger partial charge in [0.05, 0.1) is 5.48 Å². The van der Waals surface area contributed by atoms with E-state index in [1.807, 2.05) is 48.5 Å². The van der Waals surface area contributed by atoms with Crippen LogP contribution >= 0.6 is 0 Å². The van der Waals surface area contributed by atoms with Gasteiger partial charge in [-0.1, -0.05) is 167 Å². The fraction of sp³-hybridized carbons (Fsp3) is 0.154. The number of benzene rings is 8. The van der Waals surface area contributed by atoms with E-state index in [2.05, 4.69) is 113 Å². The van der Waals surface area contributed by atoms with Gasteiger partial charge in [0, 0.05) is 10.8 Å². The predicted octanol–water partition coefficient (Wildman–Crippen LogP) is 14.9. The Bertz CT molecular complexity index is 3100. The maximum absolute atomic E-state index is 9.71. The van der Waals surface area contributed by atoms with Gasteiger partial charge in [0.2, 0.25) is 0 Å². The highest BCUT2D eigenvalue weighted by molar-refractivity contribution is 6.26. The highest BCUT2D eigenvalue weighted by Gasteiger charge is 2.40. The zero-order valence-electron chi connectivity index (χ0n) is 34.5. The zero-order chi connectivity index (χ0) is 39.4. The summed E-state index contributed by atoms with van der Waals surface area (Å²) in [5, 5.41) is 4.76. The molecule has 1 heteroatoms. The molecule has 0 bridgehead atoms. The summed E-state index contributed by atoms with van der Waals surface area (Å²) in [4.78, 5) is 0. The smallest absolute Gasteiger partial charge is 0.136 e. The summed E-state index contributed by atoms with van der Waals surface area (Å²) in [6.45, 7) is 9.38. The van der Waals surface area contributed by atoms with Crippen LogP contribution in [0.2, 0.25) is 0 Å². The van der Waals surface area contributed by atoms with E-state index >= 15 is 0 Å². The minimum absolute atomic E-state index is 0.0295. The number of hydrogen-bond acceptors (Lipinski definition) is 1. The minimum atomic E-state index is -0.247. The molecule has 0 fully saturated rings. The predicted molar refractivity (Wildman–Crippen MR) is 226 cm³/mol. The second-order valence-corrected chi connectivity index (χ2v) is 15.9. The first-order valence-electron chi connectivity index (χ1n) is 20.7. The van der Waals surface area contributed by atoms with Crippen LogP contribution in [0.25, 0.3) is 88.0 Å². The monoisotopic (exact) mass is 686 g/mol. The molecule has 0 saturated carbocycles. The zero-order valence-corrected chi connectivity index (χ0v) is 30.5. The normalized spacial score (nSPS) is 16.0. The van der Waals surface area contributed by atoms with Crippen LogP contribution in [0.15, 0.2) is 162 Å². The molecule has 0 radical (unpaired) electrons. The van der Waals surface area contributed by atoms with Gasteiger partial charge < -0.3 is 4.42 Å².